The molecule has 2 aromatic rings. The number of nitrogens with zero attached hydrogens (tertiary/aromatic N) is 4. The van der Waals surface area contributed by atoms with Crippen molar-refractivity contribution in [3.05, 3.63) is 35.1 Å². The van der Waals surface area contributed by atoms with E-state index in [1.807, 2.05) is 11.6 Å². The van der Waals surface area contributed by atoms with E-state index in [9.17, 15) is 0 Å². The highest BCUT2D eigenvalue weighted by Gasteiger charge is 2.08. The third-order valence-electron chi connectivity index (χ3n) is 2.11. The van der Waals surface area contributed by atoms with Gasteiger partial charge in [-0.3, -0.25) is 4.68 Å². The van der Waals surface area contributed by atoms with Crippen molar-refractivity contribution in [1.29, 1.82) is 0 Å². The van der Waals surface area contributed by atoms with Gasteiger partial charge in [0, 0.05) is 19.4 Å². The topological polar surface area (TPSA) is 35.6 Å². The van der Waals surface area contributed by atoms with Gasteiger partial charge in [-0.2, -0.15) is 5.10 Å². The molecule has 6 heteroatoms. The number of hydrogen-bond donors (Lipinski definition) is 0. The number of rotatable bonds is 3. The van der Waals surface area contributed by atoms with Gasteiger partial charge in [0.05, 0.1) is 29.5 Å². The standard InChI is InChI=1S/C9H10Cl2N4/c1-14-4-8(11)9(13-14)5-15-6-12-3-7(15)2-10/h3-4,6H,2,5H2,1H3. The van der Waals surface area contributed by atoms with E-state index in [1.165, 1.54) is 0 Å². The highest BCUT2D eigenvalue weighted by Crippen LogP contribution is 2.15. The summed E-state index contributed by atoms with van der Waals surface area (Å²) in [7, 11) is 1.84. The second kappa shape index (κ2) is 4.24. The van der Waals surface area contributed by atoms with Crippen molar-refractivity contribution in [3.63, 3.8) is 0 Å². The van der Waals surface area contributed by atoms with Crippen LogP contribution in [0.4, 0.5) is 0 Å². The van der Waals surface area contributed by atoms with E-state index in [0.717, 1.165) is 11.4 Å². The molecular weight excluding hydrogens is 235 g/mol. The fourth-order valence-electron chi connectivity index (χ4n) is 1.38. The van der Waals surface area contributed by atoms with Gasteiger partial charge in [0.15, 0.2) is 0 Å². The summed E-state index contributed by atoms with van der Waals surface area (Å²) < 4.78 is 3.62. The molecule has 2 heterocycles. The molecule has 0 spiro atoms. The molecule has 0 N–H and O–H groups in total. The van der Waals surface area contributed by atoms with Crippen molar-refractivity contribution in [1.82, 2.24) is 19.3 Å². The minimum atomic E-state index is 0.435. The summed E-state index contributed by atoms with van der Waals surface area (Å²) in [5.41, 5.74) is 1.78. The monoisotopic (exact) mass is 244 g/mol. The molecule has 0 aliphatic rings. The van der Waals surface area contributed by atoms with Gasteiger partial charge in [-0.1, -0.05) is 11.6 Å². The molecule has 0 radical (unpaired) electrons. The van der Waals surface area contributed by atoms with Crippen LogP contribution in [0.25, 0.3) is 0 Å². The van der Waals surface area contributed by atoms with E-state index in [0.29, 0.717) is 17.4 Å². The normalized spacial score (nSPS) is 10.9. The number of aryl methyl sites for hydroxylation is 1. The molecule has 0 atom stereocenters. The first-order valence-corrected chi connectivity index (χ1v) is 5.35. The van der Waals surface area contributed by atoms with Crippen molar-refractivity contribution >= 4 is 23.2 Å². The van der Waals surface area contributed by atoms with Gasteiger partial charge in [-0.05, 0) is 0 Å². The predicted octanol–water partition coefficient (Wildman–Crippen LogP) is 2.06. The average Bonchev–Trinajstić information content (AvgIpc) is 2.74. The zero-order valence-electron chi connectivity index (χ0n) is 8.19. The van der Waals surface area contributed by atoms with Crippen LogP contribution >= 0.6 is 23.2 Å². The summed E-state index contributed by atoms with van der Waals surface area (Å²) in [5.74, 6) is 0.435. The Labute approximate surface area is 97.4 Å². The lowest BCUT2D eigenvalue weighted by Gasteiger charge is -2.03. The molecule has 0 fully saturated rings. The Balaban J connectivity index is 2.25. The summed E-state index contributed by atoms with van der Waals surface area (Å²) in [6.07, 6.45) is 5.24. The largest absolute Gasteiger partial charge is 0.327 e. The van der Waals surface area contributed by atoms with Crippen LogP contribution in [-0.4, -0.2) is 19.3 Å². The molecule has 15 heavy (non-hydrogen) atoms. The molecule has 0 aliphatic carbocycles. The van der Waals surface area contributed by atoms with Crippen molar-refractivity contribution < 1.29 is 0 Å². The lowest BCUT2D eigenvalue weighted by atomic mass is 10.4. The Morgan fingerprint density at radius 1 is 1.47 bits per heavy atom. The minimum absolute atomic E-state index is 0.435. The van der Waals surface area contributed by atoms with Gasteiger partial charge in [-0.15, -0.1) is 11.6 Å². The van der Waals surface area contributed by atoms with Gasteiger partial charge in [-0.25, -0.2) is 4.98 Å². The molecule has 0 aromatic carbocycles. The Morgan fingerprint density at radius 2 is 2.27 bits per heavy atom. The molecule has 4 nitrogen and oxygen atoms in total. The van der Waals surface area contributed by atoms with Crippen LogP contribution < -0.4 is 0 Å². The molecule has 0 saturated heterocycles. The summed E-state index contributed by atoms with van der Waals surface area (Å²) in [6, 6.07) is 0. The van der Waals surface area contributed by atoms with Gasteiger partial charge >= 0.3 is 0 Å². The summed E-state index contributed by atoms with van der Waals surface area (Å²) in [4.78, 5) is 4.03. The van der Waals surface area contributed by atoms with Crippen molar-refractivity contribution in [3.8, 4) is 0 Å². The average molecular weight is 245 g/mol. The fourth-order valence-corrected chi connectivity index (χ4v) is 1.84. The SMILES string of the molecule is Cn1cc(Cl)c(Cn2cncc2CCl)n1. The molecule has 80 valence electrons. The van der Waals surface area contributed by atoms with Crippen LogP contribution in [-0.2, 0) is 19.5 Å². The number of hydrogen-bond acceptors (Lipinski definition) is 2. The van der Waals surface area contributed by atoms with E-state index < -0.39 is 0 Å². The van der Waals surface area contributed by atoms with E-state index in [2.05, 4.69) is 10.1 Å². The predicted molar refractivity (Wildman–Crippen MR) is 59.1 cm³/mol. The van der Waals surface area contributed by atoms with Gasteiger partial charge in [0.2, 0.25) is 0 Å². The molecule has 0 amide bonds. The third-order valence-corrected chi connectivity index (χ3v) is 2.70. The maximum Gasteiger partial charge on any atom is 0.101 e. The molecule has 0 saturated carbocycles. The number of aromatic nitrogens is 4. The number of imidazole rings is 1. The first-order valence-electron chi connectivity index (χ1n) is 4.43. The first kappa shape index (κ1) is 10.5. The van der Waals surface area contributed by atoms with Crippen LogP contribution in [0.1, 0.15) is 11.4 Å². The molecule has 2 aromatic heterocycles. The molecule has 2 rings (SSSR count). The molecule has 0 aliphatic heterocycles. The third kappa shape index (κ3) is 2.16. The Morgan fingerprint density at radius 3 is 2.87 bits per heavy atom. The van der Waals surface area contributed by atoms with E-state index in [4.69, 9.17) is 23.2 Å². The van der Waals surface area contributed by atoms with E-state index in [-0.39, 0.29) is 0 Å². The van der Waals surface area contributed by atoms with E-state index >= 15 is 0 Å². The second-order valence-corrected chi connectivity index (χ2v) is 3.92. The Hall–Kier alpha value is -1.00. The molecular formula is C9H10Cl2N4. The Bertz CT molecular complexity index is 460. The lowest BCUT2D eigenvalue weighted by molar-refractivity contribution is 0.694. The minimum Gasteiger partial charge on any atom is -0.327 e. The summed E-state index contributed by atoms with van der Waals surface area (Å²) >= 11 is 11.8. The van der Waals surface area contributed by atoms with Crippen LogP contribution in [0.5, 0.6) is 0 Å². The van der Waals surface area contributed by atoms with E-state index in [1.54, 1.807) is 23.4 Å². The van der Waals surface area contributed by atoms with Gasteiger partial charge in [0.1, 0.15) is 5.69 Å². The molecule has 0 unspecified atom stereocenters. The second-order valence-electron chi connectivity index (χ2n) is 3.24. The Kier molecular flexibility index (Phi) is 2.98. The zero-order valence-corrected chi connectivity index (χ0v) is 9.70. The number of alkyl halides is 1. The van der Waals surface area contributed by atoms with Crippen molar-refractivity contribution in [2.45, 2.75) is 12.4 Å². The lowest BCUT2D eigenvalue weighted by Crippen LogP contribution is -2.03. The molecule has 0 bridgehead atoms. The first-order chi connectivity index (χ1) is 7.20. The maximum absolute atomic E-state index is 6.01. The smallest absolute Gasteiger partial charge is 0.101 e. The fraction of sp³-hybridized carbons (Fsp3) is 0.333. The summed E-state index contributed by atoms with van der Waals surface area (Å²) in [5, 5.41) is 4.91. The summed E-state index contributed by atoms with van der Waals surface area (Å²) in [6.45, 7) is 0.599. The highest BCUT2D eigenvalue weighted by atomic mass is 35.5. The maximum atomic E-state index is 6.01. The number of halogens is 2. The quantitative estimate of drug-likeness (QED) is 0.776. The van der Waals surface area contributed by atoms with Crippen molar-refractivity contribution in [2.75, 3.05) is 0 Å². The van der Waals surface area contributed by atoms with Gasteiger partial charge in [0.25, 0.3) is 0 Å². The highest BCUT2D eigenvalue weighted by molar-refractivity contribution is 6.31. The zero-order chi connectivity index (χ0) is 10.8. The van der Waals surface area contributed by atoms with Crippen molar-refractivity contribution in [2.24, 2.45) is 7.05 Å². The van der Waals surface area contributed by atoms with Crippen LogP contribution in [0, 0.1) is 0 Å². The van der Waals surface area contributed by atoms with Gasteiger partial charge < -0.3 is 4.57 Å². The van der Waals surface area contributed by atoms with Crippen LogP contribution in [0.2, 0.25) is 5.02 Å². The van der Waals surface area contributed by atoms with Crippen LogP contribution in [0.15, 0.2) is 18.7 Å². The van der Waals surface area contributed by atoms with Crippen LogP contribution in [0.3, 0.4) is 0 Å².